The zero-order chi connectivity index (χ0) is 12.7. The summed E-state index contributed by atoms with van der Waals surface area (Å²) in [6.07, 6.45) is 2.28. The van der Waals surface area contributed by atoms with E-state index < -0.39 is 11.9 Å². The number of hydrogen-bond acceptors (Lipinski definition) is 3. The van der Waals surface area contributed by atoms with Crippen molar-refractivity contribution in [2.45, 2.75) is 6.42 Å². The Morgan fingerprint density at radius 1 is 1.18 bits per heavy atom. The fourth-order valence-corrected chi connectivity index (χ4v) is 1.21. The molecule has 0 fully saturated rings. The number of anilines is 1. The topological polar surface area (TPSA) is 86.6 Å². The van der Waals surface area contributed by atoms with Crippen molar-refractivity contribution in [1.82, 2.24) is 0 Å². The van der Waals surface area contributed by atoms with Crippen molar-refractivity contribution < 1.29 is 19.8 Å². The first kappa shape index (κ1) is 12.9. The fraction of sp³-hybridized carbons (Fsp3) is 0.167. The van der Waals surface area contributed by atoms with Gasteiger partial charge < -0.3 is 15.5 Å². The van der Waals surface area contributed by atoms with Gasteiger partial charge in [0.2, 0.25) is 5.91 Å². The lowest BCUT2D eigenvalue weighted by Crippen LogP contribution is -2.08. The van der Waals surface area contributed by atoms with Crippen LogP contribution in [-0.4, -0.2) is 28.7 Å². The quantitative estimate of drug-likeness (QED) is 0.659. The summed E-state index contributed by atoms with van der Waals surface area (Å²) >= 11 is 0. The van der Waals surface area contributed by atoms with Gasteiger partial charge in [0.15, 0.2) is 0 Å². The minimum Gasteiger partial charge on any atom is -0.478 e. The zero-order valence-electron chi connectivity index (χ0n) is 9.09. The third-order valence-electron chi connectivity index (χ3n) is 2.00. The number of aliphatic hydroxyl groups is 1. The standard InChI is InChI=1S/C12H13NO4/c14-8-7-9-1-3-10(4-2-9)13-11(15)5-6-12(16)17/h1-6,14H,7-8H2,(H,13,15)(H,16,17). The zero-order valence-corrected chi connectivity index (χ0v) is 9.09. The molecular formula is C12H13NO4. The summed E-state index contributed by atoms with van der Waals surface area (Å²) in [6, 6.07) is 6.95. The summed E-state index contributed by atoms with van der Waals surface area (Å²) in [6.45, 7) is 0.0764. The van der Waals surface area contributed by atoms with Gasteiger partial charge in [-0.1, -0.05) is 12.1 Å². The molecule has 17 heavy (non-hydrogen) atoms. The van der Waals surface area contributed by atoms with E-state index in [4.69, 9.17) is 10.2 Å². The lowest BCUT2D eigenvalue weighted by molar-refractivity contribution is -0.131. The van der Waals surface area contributed by atoms with Gasteiger partial charge in [-0.15, -0.1) is 0 Å². The maximum Gasteiger partial charge on any atom is 0.328 e. The molecule has 0 saturated heterocycles. The summed E-state index contributed by atoms with van der Waals surface area (Å²) in [5, 5.41) is 19.6. The van der Waals surface area contributed by atoms with Gasteiger partial charge in [0.25, 0.3) is 0 Å². The number of hydrogen-bond donors (Lipinski definition) is 3. The second-order valence-corrected chi connectivity index (χ2v) is 3.33. The molecular weight excluding hydrogens is 222 g/mol. The van der Waals surface area contributed by atoms with Crippen molar-refractivity contribution in [1.29, 1.82) is 0 Å². The Labute approximate surface area is 98.4 Å². The van der Waals surface area contributed by atoms with Gasteiger partial charge in [-0.2, -0.15) is 0 Å². The molecule has 3 N–H and O–H groups in total. The number of aliphatic hydroxyl groups excluding tert-OH is 1. The molecule has 0 bridgehead atoms. The van der Waals surface area contributed by atoms with E-state index in [1.165, 1.54) is 0 Å². The van der Waals surface area contributed by atoms with Crippen LogP contribution in [0.3, 0.4) is 0 Å². The van der Waals surface area contributed by atoms with E-state index in [9.17, 15) is 9.59 Å². The maximum atomic E-state index is 11.2. The molecule has 0 spiro atoms. The smallest absolute Gasteiger partial charge is 0.328 e. The first-order valence-electron chi connectivity index (χ1n) is 5.03. The molecule has 5 nitrogen and oxygen atoms in total. The molecule has 0 aliphatic heterocycles. The predicted octanol–water partition coefficient (Wildman–Crippen LogP) is 0.801. The molecule has 1 rings (SSSR count). The van der Waals surface area contributed by atoms with E-state index in [0.29, 0.717) is 12.1 Å². The van der Waals surface area contributed by atoms with Crippen LogP contribution < -0.4 is 5.32 Å². The molecule has 90 valence electrons. The van der Waals surface area contributed by atoms with E-state index in [0.717, 1.165) is 17.7 Å². The molecule has 5 heteroatoms. The molecule has 0 heterocycles. The highest BCUT2D eigenvalue weighted by molar-refractivity contribution is 6.02. The van der Waals surface area contributed by atoms with Crippen LogP contribution in [0.25, 0.3) is 0 Å². The molecule has 1 aromatic carbocycles. The lowest BCUT2D eigenvalue weighted by Gasteiger charge is -2.03. The van der Waals surface area contributed by atoms with Crippen molar-refractivity contribution in [2.24, 2.45) is 0 Å². The molecule has 0 aliphatic carbocycles. The van der Waals surface area contributed by atoms with Crippen LogP contribution in [0.5, 0.6) is 0 Å². The molecule has 1 aromatic rings. The Balaban J connectivity index is 2.57. The summed E-state index contributed by atoms with van der Waals surface area (Å²) in [5.41, 5.74) is 1.54. The number of carbonyl (C=O) groups is 2. The van der Waals surface area contributed by atoms with Crippen LogP contribution in [-0.2, 0) is 16.0 Å². The van der Waals surface area contributed by atoms with E-state index >= 15 is 0 Å². The second-order valence-electron chi connectivity index (χ2n) is 3.33. The molecule has 0 saturated carbocycles. The maximum absolute atomic E-state index is 11.2. The Bertz CT molecular complexity index is 423. The number of carbonyl (C=O) groups excluding carboxylic acids is 1. The molecule has 0 radical (unpaired) electrons. The largest absolute Gasteiger partial charge is 0.478 e. The van der Waals surface area contributed by atoms with Crippen molar-refractivity contribution >= 4 is 17.6 Å². The van der Waals surface area contributed by atoms with E-state index in [2.05, 4.69) is 5.32 Å². The summed E-state index contributed by atoms with van der Waals surface area (Å²) in [5.74, 6) is -1.67. The average Bonchev–Trinajstić information content (AvgIpc) is 2.29. The summed E-state index contributed by atoms with van der Waals surface area (Å²) < 4.78 is 0. The van der Waals surface area contributed by atoms with Crippen LogP contribution in [0.1, 0.15) is 5.56 Å². The monoisotopic (exact) mass is 235 g/mol. The van der Waals surface area contributed by atoms with E-state index in [1.807, 2.05) is 0 Å². The SMILES string of the molecule is O=C(O)C=CC(=O)Nc1ccc(CCO)cc1. The minimum atomic E-state index is -1.17. The Kier molecular flexibility index (Phi) is 4.90. The van der Waals surface area contributed by atoms with Crippen molar-refractivity contribution in [3.05, 3.63) is 42.0 Å². The first-order valence-corrected chi connectivity index (χ1v) is 5.03. The number of carboxylic acid groups (broad SMARTS) is 1. The Hall–Kier alpha value is -2.14. The number of aliphatic carboxylic acids is 1. The molecule has 0 aromatic heterocycles. The van der Waals surface area contributed by atoms with Gasteiger partial charge in [0.05, 0.1) is 0 Å². The van der Waals surface area contributed by atoms with Gasteiger partial charge in [0.1, 0.15) is 0 Å². The highest BCUT2D eigenvalue weighted by atomic mass is 16.4. The van der Waals surface area contributed by atoms with Gasteiger partial charge in [-0.05, 0) is 24.1 Å². The van der Waals surface area contributed by atoms with Gasteiger partial charge in [-0.25, -0.2) is 4.79 Å². The van der Waals surface area contributed by atoms with E-state index in [-0.39, 0.29) is 6.61 Å². The number of rotatable bonds is 5. The minimum absolute atomic E-state index is 0.0764. The number of amides is 1. The van der Waals surface area contributed by atoms with Crippen molar-refractivity contribution in [3.8, 4) is 0 Å². The number of carboxylic acids is 1. The number of nitrogens with one attached hydrogen (secondary N) is 1. The predicted molar refractivity (Wildman–Crippen MR) is 62.6 cm³/mol. The van der Waals surface area contributed by atoms with Crippen LogP contribution in [0.4, 0.5) is 5.69 Å². The Morgan fingerprint density at radius 2 is 1.82 bits per heavy atom. The average molecular weight is 235 g/mol. The normalized spacial score (nSPS) is 10.4. The van der Waals surface area contributed by atoms with E-state index in [1.54, 1.807) is 24.3 Å². The van der Waals surface area contributed by atoms with Gasteiger partial charge in [0, 0.05) is 24.4 Å². The third kappa shape index (κ3) is 4.94. The van der Waals surface area contributed by atoms with Crippen molar-refractivity contribution in [2.75, 3.05) is 11.9 Å². The number of benzene rings is 1. The molecule has 0 atom stereocenters. The fourth-order valence-electron chi connectivity index (χ4n) is 1.21. The Morgan fingerprint density at radius 3 is 2.35 bits per heavy atom. The molecule has 1 amide bonds. The highest BCUT2D eigenvalue weighted by Crippen LogP contribution is 2.09. The van der Waals surface area contributed by atoms with Crippen LogP contribution in [0, 0.1) is 0 Å². The van der Waals surface area contributed by atoms with Crippen molar-refractivity contribution in [3.63, 3.8) is 0 Å². The molecule has 0 aliphatic rings. The van der Waals surface area contributed by atoms with Crippen LogP contribution in [0.2, 0.25) is 0 Å². The lowest BCUT2D eigenvalue weighted by atomic mass is 10.1. The summed E-state index contributed by atoms with van der Waals surface area (Å²) in [7, 11) is 0. The first-order chi connectivity index (χ1) is 8.11. The van der Waals surface area contributed by atoms with Gasteiger partial charge in [-0.3, -0.25) is 4.79 Å². The van der Waals surface area contributed by atoms with Crippen LogP contribution >= 0.6 is 0 Å². The molecule has 0 unspecified atom stereocenters. The van der Waals surface area contributed by atoms with Gasteiger partial charge >= 0.3 is 5.97 Å². The second kappa shape index (κ2) is 6.44. The highest BCUT2D eigenvalue weighted by Gasteiger charge is 1.99. The summed E-state index contributed by atoms with van der Waals surface area (Å²) in [4.78, 5) is 21.4. The van der Waals surface area contributed by atoms with Crippen LogP contribution in [0.15, 0.2) is 36.4 Å². The third-order valence-corrected chi connectivity index (χ3v) is 2.00.